The molecule has 1 amide bonds. The third-order valence-electron chi connectivity index (χ3n) is 3.01. The summed E-state index contributed by atoms with van der Waals surface area (Å²) in [5.41, 5.74) is 1.35. The average Bonchev–Trinajstić information content (AvgIpc) is 2.51. The third-order valence-corrected chi connectivity index (χ3v) is 3.34. The maximum absolute atomic E-state index is 11.9. The Morgan fingerprint density at radius 2 is 1.96 bits per heavy atom. The Morgan fingerprint density at radius 1 is 1.29 bits per heavy atom. The Balaban J connectivity index is 2.71. The van der Waals surface area contributed by atoms with Crippen LogP contribution in [0.15, 0.2) is 0 Å². The lowest BCUT2D eigenvalue weighted by Gasteiger charge is -2.42. The lowest BCUT2D eigenvalue weighted by molar-refractivity contribution is -0.269. The molecule has 9 nitrogen and oxygen atoms in total. The molecule has 1 aliphatic heterocycles. The fourth-order valence-electron chi connectivity index (χ4n) is 1.92. The van der Waals surface area contributed by atoms with Crippen molar-refractivity contribution in [2.75, 3.05) is 26.4 Å². The van der Waals surface area contributed by atoms with Crippen LogP contribution in [0.5, 0.6) is 0 Å². The van der Waals surface area contributed by atoms with Crippen molar-refractivity contribution in [1.29, 1.82) is 0 Å². The van der Waals surface area contributed by atoms with Gasteiger partial charge in [0.15, 0.2) is 6.29 Å². The molecule has 0 aromatic rings. The van der Waals surface area contributed by atoms with E-state index in [1.165, 1.54) is 5.54 Å². The van der Waals surface area contributed by atoms with Crippen molar-refractivity contribution < 1.29 is 38.8 Å². The molecule has 5 atom stereocenters. The summed E-state index contributed by atoms with van der Waals surface area (Å²) in [6.07, 6.45) is -6.57. The molecular formula is C11H18Cl3FN2O7. The fourth-order valence-corrected chi connectivity index (χ4v) is 2.08. The zero-order chi connectivity index (χ0) is 18.3. The topological polar surface area (TPSA) is 130 Å². The summed E-state index contributed by atoms with van der Waals surface area (Å²) < 4.78 is 25.2. The van der Waals surface area contributed by atoms with Crippen molar-refractivity contribution in [3.8, 4) is 0 Å². The minimum absolute atomic E-state index is 0.177. The van der Waals surface area contributed by atoms with Gasteiger partial charge in [0.25, 0.3) is 0 Å². The van der Waals surface area contributed by atoms with E-state index in [9.17, 15) is 19.5 Å². The summed E-state index contributed by atoms with van der Waals surface area (Å²) in [5.74, 6) is 0. The quantitative estimate of drug-likeness (QED) is 0.211. The molecule has 0 spiro atoms. The maximum Gasteiger partial charge on any atom is 0.407 e. The van der Waals surface area contributed by atoms with Crippen LogP contribution in [0.2, 0.25) is 0 Å². The van der Waals surface area contributed by atoms with Gasteiger partial charge >= 0.3 is 6.09 Å². The van der Waals surface area contributed by atoms with Crippen molar-refractivity contribution in [3.05, 3.63) is 0 Å². The molecule has 5 N–H and O–H groups in total. The first-order chi connectivity index (χ1) is 11.2. The summed E-state index contributed by atoms with van der Waals surface area (Å²) in [6, 6.07) is -1.27. The van der Waals surface area contributed by atoms with Crippen LogP contribution in [0, 0.1) is 0 Å². The van der Waals surface area contributed by atoms with Crippen molar-refractivity contribution in [2.45, 2.75) is 34.4 Å². The van der Waals surface area contributed by atoms with Gasteiger partial charge in [-0.15, -0.1) is 4.48 Å². The van der Waals surface area contributed by atoms with Crippen molar-refractivity contribution >= 4 is 40.9 Å². The van der Waals surface area contributed by atoms with Crippen LogP contribution in [0.1, 0.15) is 0 Å². The van der Waals surface area contributed by atoms with E-state index in [1.54, 1.807) is 0 Å². The van der Waals surface area contributed by atoms with Crippen molar-refractivity contribution in [2.24, 2.45) is 0 Å². The molecule has 24 heavy (non-hydrogen) atoms. The number of amides is 1. The summed E-state index contributed by atoms with van der Waals surface area (Å²) in [5, 5.41) is 31.3. The predicted octanol–water partition coefficient (Wildman–Crippen LogP) is -0.619. The molecule has 1 fully saturated rings. The molecule has 13 heteroatoms. The predicted molar refractivity (Wildman–Crippen MR) is 81.4 cm³/mol. The van der Waals surface area contributed by atoms with Crippen molar-refractivity contribution in [3.63, 3.8) is 0 Å². The minimum Gasteiger partial charge on any atom is -0.445 e. The molecule has 1 saturated heterocycles. The van der Waals surface area contributed by atoms with Crippen LogP contribution in [0.3, 0.4) is 0 Å². The molecule has 0 aromatic carbocycles. The van der Waals surface area contributed by atoms with Crippen LogP contribution < -0.4 is 10.9 Å². The first kappa shape index (κ1) is 21.9. The second-order valence-corrected chi connectivity index (χ2v) is 7.34. The summed E-state index contributed by atoms with van der Waals surface area (Å²) >= 11 is 16.3. The van der Waals surface area contributed by atoms with E-state index >= 15 is 0 Å². The number of aliphatic hydroxyl groups is 3. The van der Waals surface area contributed by atoms with Crippen LogP contribution in [-0.4, -0.2) is 82.2 Å². The number of aliphatic hydroxyl groups excluding tert-OH is 3. The number of carbonyl (C=O) groups excluding carboxylic acids is 1. The molecule has 0 radical (unpaired) electrons. The number of carbonyl (C=O) groups is 1. The molecule has 2 unspecified atom stereocenters. The standard InChI is InChI=1S/C11H18Cl3FN2O7/c12-11(13,14)4-23-10(21)17-6-8(20)7(19)5(3-18)24-9(6)22-2-1-16-15/h5-9,16,18-20H,1-4H2,(H,17,21)/t5?,6?,7-,8+,9+/m0/s1. The Bertz CT molecular complexity index is 404. The fraction of sp³-hybridized carbons (Fsp3) is 0.909. The van der Waals surface area contributed by atoms with Gasteiger partial charge in [-0.1, -0.05) is 34.8 Å². The van der Waals surface area contributed by atoms with Gasteiger partial charge in [0.05, 0.1) is 13.2 Å². The largest absolute Gasteiger partial charge is 0.445 e. The normalized spacial score (nSPS) is 30.9. The number of alkyl halides is 3. The van der Waals surface area contributed by atoms with E-state index in [2.05, 4.69) is 10.1 Å². The smallest absolute Gasteiger partial charge is 0.407 e. The van der Waals surface area contributed by atoms with Crippen LogP contribution in [-0.2, 0) is 14.2 Å². The van der Waals surface area contributed by atoms with Gasteiger partial charge < -0.3 is 34.8 Å². The van der Waals surface area contributed by atoms with E-state index in [0.29, 0.717) is 0 Å². The highest BCUT2D eigenvalue weighted by Gasteiger charge is 2.46. The number of halogens is 4. The first-order valence-corrected chi connectivity index (χ1v) is 7.90. The highest BCUT2D eigenvalue weighted by Crippen LogP contribution is 2.26. The molecule has 142 valence electrons. The highest BCUT2D eigenvalue weighted by molar-refractivity contribution is 6.67. The summed E-state index contributed by atoms with van der Waals surface area (Å²) in [7, 11) is 0. The van der Waals surface area contributed by atoms with Gasteiger partial charge in [0, 0.05) is 6.54 Å². The minimum atomic E-state index is -1.83. The van der Waals surface area contributed by atoms with Gasteiger partial charge in [0.2, 0.25) is 3.79 Å². The Hall–Kier alpha value is -0.170. The van der Waals surface area contributed by atoms with E-state index in [4.69, 9.17) is 49.4 Å². The van der Waals surface area contributed by atoms with Gasteiger partial charge in [-0.25, -0.2) is 4.79 Å². The second-order valence-electron chi connectivity index (χ2n) is 4.82. The molecular weight excluding hydrogens is 397 g/mol. The van der Waals surface area contributed by atoms with Crippen LogP contribution >= 0.6 is 34.8 Å². The maximum atomic E-state index is 11.9. The zero-order valence-corrected chi connectivity index (χ0v) is 14.5. The van der Waals surface area contributed by atoms with Gasteiger partial charge in [-0.3, -0.25) is 0 Å². The lowest BCUT2D eigenvalue weighted by Crippen LogP contribution is -2.65. The summed E-state index contributed by atoms with van der Waals surface area (Å²) in [4.78, 5) is 11.7. The number of nitrogens with one attached hydrogen (secondary N) is 2. The van der Waals surface area contributed by atoms with E-state index in [1.807, 2.05) is 0 Å². The molecule has 0 bridgehead atoms. The van der Waals surface area contributed by atoms with Crippen LogP contribution in [0.4, 0.5) is 9.28 Å². The van der Waals surface area contributed by atoms with E-state index in [-0.39, 0.29) is 13.2 Å². The molecule has 1 aliphatic rings. The summed E-state index contributed by atoms with van der Waals surface area (Å²) in [6.45, 7) is -1.54. The molecule has 0 saturated carbocycles. The molecule has 1 rings (SSSR count). The van der Waals surface area contributed by atoms with E-state index < -0.39 is 53.7 Å². The molecule has 1 heterocycles. The van der Waals surface area contributed by atoms with Crippen molar-refractivity contribution in [1.82, 2.24) is 10.9 Å². The number of alkyl carbamates (subject to hydrolysis) is 1. The monoisotopic (exact) mass is 414 g/mol. The van der Waals surface area contributed by atoms with E-state index in [0.717, 1.165) is 0 Å². The SMILES string of the molecule is O=C(NC1[C@H](OCCNF)OC(CO)[C@H](O)[C@@H]1O)OCC(Cl)(Cl)Cl. The highest BCUT2D eigenvalue weighted by atomic mass is 35.6. The Labute approximate surface area is 151 Å². The van der Waals surface area contributed by atoms with Gasteiger partial charge in [0.1, 0.15) is 31.0 Å². The molecule has 0 aliphatic carbocycles. The van der Waals surface area contributed by atoms with Crippen LogP contribution in [0.25, 0.3) is 0 Å². The lowest BCUT2D eigenvalue weighted by atomic mass is 9.97. The number of hydrogen-bond donors (Lipinski definition) is 5. The number of ether oxygens (including phenoxy) is 3. The van der Waals surface area contributed by atoms with Gasteiger partial charge in [-0.05, 0) is 0 Å². The average molecular weight is 416 g/mol. The third kappa shape index (κ3) is 6.98. The second kappa shape index (κ2) is 10.1. The zero-order valence-electron chi connectivity index (χ0n) is 12.2. The Kier molecular flexibility index (Phi) is 9.20. The number of hydrogen-bond acceptors (Lipinski definition) is 8. The molecule has 0 aromatic heterocycles. The number of rotatable bonds is 7. The van der Waals surface area contributed by atoms with Gasteiger partial charge in [-0.2, -0.15) is 5.54 Å². The Morgan fingerprint density at radius 3 is 2.50 bits per heavy atom. The first-order valence-electron chi connectivity index (χ1n) is 6.77.